The highest BCUT2D eigenvalue weighted by Crippen LogP contribution is 2.13. The summed E-state index contributed by atoms with van der Waals surface area (Å²) < 4.78 is 0. The molecule has 0 unspecified atom stereocenters. The van der Waals surface area contributed by atoms with Gasteiger partial charge in [-0.05, 0) is 78.9 Å². The second-order valence-corrected chi connectivity index (χ2v) is 5.95. The molecule has 20 heavy (non-hydrogen) atoms. The van der Waals surface area contributed by atoms with E-state index in [9.17, 15) is 9.90 Å². The van der Waals surface area contributed by atoms with Crippen LogP contribution in [-0.4, -0.2) is 17.0 Å². The molecule has 0 aliphatic carbocycles. The predicted molar refractivity (Wildman–Crippen MR) is 86.7 cm³/mol. The molecule has 0 aromatic heterocycles. The summed E-state index contributed by atoms with van der Waals surface area (Å²) in [7, 11) is 0. The monoisotopic (exact) mass is 278 g/mol. The molecule has 0 aliphatic heterocycles. The number of ketones is 1. The van der Waals surface area contributed by atoms with Gasteiger partial charge in [-0.25, -0.2) is 0 Å². The van der Waals surface area contributed by atoms with Crippen molar-refractivity contribution in [3.63, 3.8) is 0 Å². The minimum absolute atomic E-state index is 0.0895. The maximum atomic E-state index is 11.6. The normalized spacial score (nSPS) is 14.1. The van der Waals surface area contributed by atoms with Crippen LogP contribution in [0.2, 0.25) is 0 Å². The fraction of sp³-hybridized carbons (Fsp3) is 0.611. The number of aliphatic hydroxyl groups is 1. The van der Waals surface area contributed by atoms with Gasteiger partial charge in [0.1, 0.15) is 0 Å². The van der Waals surface area contributed by atoms with Gasteiger partial charge in [0.05, 0.1) is 6.10 Å². The molecule has 0 aliphatic rings. The first-order valence-electron chi connectivity index (χ1n) is 7.51. The Morgan fingerprint density at radius 1 is 1.05 bits per heavy atom. The number of hydrogen-bond acceptors (Lipinski definition) is 2. The van der Waals surface area contributed by atoms with E-state index in [2.05, 4.69) is 13.0 Å². The highest BCUT2D eigenvalue weighted by atomic mass is 16.3. The van der Waals surface area contributed by atoms with Crippen LogP contribution in [0.5, 0.6) is 0 Å². The van der Waals surface area contributed by atoms with Crippen molar-refractivity contribution in [3.05, 3.63) is 34.9 Å². The number of carbonyl (C=O) groups is 1. The molecule has 1 atom stereocenters. The van der Waals surface area contributed by atoms with Crippen LogP contribution in [0, 0.1) is 0 Å². The maximum absolute atomic E-state index is 11.6. The van der Waals surface area contributed by atoms with E-state index in [0.29, 0.717) is 0 Å². The van der Waals surface area contributed by atoms with Gasteiger partial charge in [0, 0.05) is 0 Å². The zero-order valence-corrected chi connectivity index (χ0v) is 13.7. The van der Waals surface area contributed by atoms with Gasteiger partial charge in [-0.1, -0.05) is 22.8 Å². The molecule has 0 rings (SSSR count). The van der Waals surface area contributed by atoms with Gasteiger partial charge in [-0.15, -0.1) is 0 Å². The van der Waals surface area contributed by atoms with Crippen molar-refractivity contribution in [2.75, 3.05) is 0 Å². The molecule has 0 aromatic rings. The first kappa shape index (κ1) is 18.9. The Labute approximate surface area is 124 Å². The van der Waals surface area contributed by atoms with E-state index in [1.165, 1.54) is 5.57 Å². The third-order valence-corrected chi connectivity index (χ3v) is 3.04. The molecule has 1 N–H and O–H groups in total. The Bertz CT molecular complexity index is 380. The largest absolute Gasteiger partial charge is 0.393 e. The van der Waals surface area contributed by atoms with E-state index in [-0.39, 0.29) is 11.9 Å². The minimum atomic E-state index is -0.217. The van der Waals surface area contributed by atoms with Crippen molar-refractivity contribution in [3.8, 4) is 0 Å². The molecule has 0 spiro atoms. The maximum Gasteiger partial charge on any atom is 0.178 e. The molecule has 114 valence electrons. The molecular weight excluding hydrogens is 248 g/mol. The Kier molecular flexibility index (Phi) is 10.0. The van der Waals surface area contributed by atoms with Crippen molar-refractivity contribution in [1.29, 1.82) is 0 Å². The molecule has 0 amide bonds. The molecule has 2 nitrogen and oxygen atoms in total. The van der Waals surface area contributed by atoms with Crippen LogP contribution < -0.4 is 0 Å². The predicted octanol–water partition coefficient (Wildman–Crippen LogP) is 4.75. The van der Waals surface area contributed by atoms with E-state index < -0.39 is 0 Å². The Morgan fingerprint density at radius 3 is 2.20 bits per heavy atom. The van der Waals surface area contributed by atoms with E-state index in [0.717, 1.165) is 43.3 Å². The first-order chi connectivity index (χ1) is 9.31. The SMILES string of the molecule is CC(C)=CC(=O)/C=C(\C)CCC/C(C)=C/CC[C@@H](C)O. The average Bonchev–Trinajstić information content (AvgIpc) is 2.26. The topological polar surface area (TPSA) is 37.3 Å². The summed E-state index contributed by atoms with van der Waals surface area (Å²) in [6, 6.07) is 0. The van der Waals surface area contributed by atoms with Gasteiger partial charge >= 0.3 is 0 Å². The second kappa shape index (κ2) is 10.6. The molecule has 2 heteroatoms. The molecule has 0 saturated carbocycles. The standard InChI is InChI=1S/C18H30O2/c1-14(2)12-18(20)13-16(4)10-6-8-15(3)9-7-11-17(5)19/h9,12-13,17,19H,6-8,10-11H2,1-5H3/b15-9+,16-13+/t17-/m1/s1. The van der Waals surface area contributed by atoms with E-state index in [1.54, 1.807) is 12.2 Å². The summed E-state index contributed by atoms with van der Waals surface area (Å²) in [5.41, 5.74) is 3.55. The van der Waals surface area contributed by atoms with Crippen LogP contribution in [0.3, 0.4) is 0 Å². The van der Waals surface area contributed by atoms with Gasteiger partial charge < -0.3 is 5.11 Å². The molecule has 0 heterocycles. The van der Waals surface area contributed by atoms with Gasteiger partial charge in [-0.3, -0.25) is 4.79 Å². The lowest BCUT2D eigenvalue weighted by molar-refractivity contribution is -0.110. The minimum Gasteiger partial charge on any atom is -0.393 e. The number of carbonyl (C=O) groups excluding carboxylic acids is 1. The van der Waals surface area contributed by atoms with Crippen molar-refractivity contribution >= 4 is 5.78 Å². The van der Waals surface area contributed by atoms with Gasteiger partial charge in [-0.2, -0.15) is 0 Å². The lowest BCUT2D eigenvalue weighted by Gasteiger charge is -2.04. The Morgan fingerprint density at radius 2 is 1.65 bits per heavy atom. The lowest BCUT2D eigenvalue weighted by atomic mass is 10.0. The quantitative estimate of drug-likeness (QED) is 0.488. The van der Waals surface area contributed by atoms with Gasteiger partial charge in [0.15, 0.2) is 5.78 Å². The zero-order valence-electron chi connectivity index (χ0n) is 13.7. The highest BCUT2D eigenvalue weighted by molar-refractivity contribution is 5.99. The van der Waals surface area contributed by atoms with Crippen LogP contribution in [0.25, 0.3) is 0 Å². The summed E-state index contributed by atoms with van der Waals surface area (Å²) in [6.45, 7) is 9.84. The zero-order chi connectivity index (χ0) is 15.5. The first-order valence-corrected chi connectivity index (χ1v) is 7.51. The Hall–Kier alpha value is -1.15. The van der Waals surface area contributed by atoms with Crippen LogP contribution in [0.1, 0.15) is 66.7 Å². The Balaban J connectivity index is 4.02. The fourth-order valence-corrected chi connectivity index (χ4v) is 1.96. The summed E-state index contributed by atoms with van der Waals surface area (Å²) in [5, 5.41) is 9.19. The van der Waals surface area contributed by atoms with E-state index in [4.69, 9.17) is 0 Å². The van der Waals surface area contributed by atoms with Crippen molar-refractivity contribution < 1.29 is 9.90 Å². The molecule has 0 fully saturated rings. The molecule has 0 aromatic carbocycles. The third kappa shape index (κ3) is 11.9. The van der Waals surface area contributed by atoms with Crippen LogP contribution in [0.4, 0.5) is 0 Å². The number of hydrogen-bond donors (Lipinski definition) is 1. The van der Waals surface area contributed by atoms with E-state index in [1.807, 2.05) is 27.7 Å². The van der Waals surface area contributed by atoms with Crippen molar-refractivity contribution in [1.82, 2.24) is 0 Å². The number of rotatable bonds is 9. The van der Waals surface area contributed by atoms with Crippen LogP contribution >= 0.6 is 0 Å². The number of aliphatic hydroxyl groups excluding tert-OH is 1. The highest BCUT2D eigenvalue weighted by Gasteiger charge is 1.98. The fourth-order valence-electron chi connectivity index (χ4n) is 1.96. The summed E-state index contributed by atoms with van der Waals surface area (Å²) in [6.07, 6.45) is 10.3. The van der Waals surface area contributed by atoms with Gasteiger partial charge in [0.25, 0.3) is 0 Å². The lowest BCUT2D eigenvalue weighted by Crippen LogP contribution is -1.97. The summed E-state index contributed by atoms with van der Waals surface area (Å²) in [4.78, 5) is 11.6. The smallest absolute Gasteiger partial charge is 0.178 e. The van der Waals surface area contributed by atoms with Crippen molar-refractivity contribution in [2.45, 2.75) is 72.8 Å². The van der Waals surface area contributed by atoms with Gasteiger partial charge in [0.2, 0.25) is 0 Å². The van der Waals surface area contributed by atoms with E-state index >= 15 is 0 Å². The average molecular weight is 278 g/mol. The molecule has 0 radical (unpaired) electrons. The molecule has 0 saturated heterocycles. The van der Waals surface area contributed by atoms with Crippen LogP contribution in [-0.2, 0) is 4.79 Å². The number of allylic oxidation sites excluding steroid dienone is 6. The van der Waals surface area contributed by atoms with Crippen LogP contribution in [0.15, 0.2) is 34.9 Å². The van der Waals surface area contributed by atoms with Crippen molar-refractivity contribution in [2.24, 2.45) is 0 Å². The molecule has 0 bridgehead atoms. The second-order valence-electron chi connectivity index (χ2n) is 5.95. The third-order valence-electron chi connectivity index (χ3n) is 3.04. The summed E-state index contributed by atoms with van der Waals surface area (Å²) in [5.74, 6) is 0.0895. The summed E-state index contributed by atoms with van der Waals surface area (Å²) >= 11 is 0. The molecular formula is C18H30O2.